The Balaban J connectivity index is 1.51. The zero-order valence-corrected chi connectivity index (χ0v) is 14.6. The number of halogens is 2. The molecule has 3 fully saturated rings. The molecule has 0 spiro atoms. The van der Waals surface area contributed by atoms with Crippen LogP contribution in [0.1, 0.15) is 23.4 Å². The molecular formula is C18H18Cl2N2O2. The van der Waals surface area contributed by atoms with Crippen molar-refractivity contribution in [2.24, 2.45) is 5.92 Å². The molecule has 1 aromatic heterocycles. The molecule has 6 heteroatoms. The second-order valence-corrected chi connectivity index (χ2v) is 7.29. The minimum Gasteiger partial charge on any atom is -0.451 e. The summed E-state index contributed by atoms with van der Waals surface area (Å²) in [4.78, 5) is 14.9. The van der Waals surface area contributed by atoms with Crippen molar-refractivity contribution in [3.8, 4) is 11.3 Å². The van der Waals surface area contributed by atoms with Gasteiger partial charge in [-0.05, 0) is 56.1 Å². The maximum Gasteiger partial charge on any atom is 0.287 e. The summed E-state index contributed by atoms with van der Waals surface area (Å²) in [7, 11) is 0. The molecule has 3 saturated heterocycles. The molecule has 126 valence electrons. The van der Waals surface area contributed by atoms with Gasteiger partial charge in [0.25, 0.3) is 5.91 Å². The molecule has 2 bridgehead atoms. The Labute approximate surface area is 150 Å². The second-order valence-electron chi connectivity index (χ2n) is 6.48. The van der Waals surface area contributed by atoms with E-state index in [0.29, 0.717) is 27.3 Å². The van der Waals surface area contributed by atoms with E-state index >= 15 is 0 Å². The third kappa shape index (κ3) is 2.94. The molecule has 5 rings (SSSR count). The quantitative estimate of drug-likeness (QED) is 0.892. The zero-order valence-electron chi connectivity index (χ0n) is 13.1. The number of carbonyl (C=O) groups is 1. The van der Waals surface area contributed by atoms with Crippen molar-refractivity contribution in [1.29, 1.82) is 0 Å². The van der Waals surface area contributed by atoms with Crippen LogP contribution in [0.5, 0.6) is 0 Å². The Morgan fingerprint density at radius 2 is 1.83 bits per heavy atom. The Kier molecular flexibility index (Phi) is 4.29. The fraction of sp³-hybridized carbons (Fsp3) is 0.389. The lowest BCUT2D eigenvalue weighted by Gasteiger charge is -2.44. The Morgan fingerprint density at radius 3 is 2.46 bits per heavy atom. The van der Waals surface area contributed by atoms with Gasteiger partial charge in [0, 0.05) is 12.6 Å². The van der Waals surface area contributed by atoms with E-state index in [1.807, 2.05) is 0 Å². The van der Waals surface area contributed by atoms with Crippen molar-refractivity contribution in [1.82, 2.24) is 10.2 Å². The molecule has 1 N–H and O–H groups in total. The molecule has 1 aromatic carbocycles. The number of hydrogen-bond donors (Lipinski definition) is 1. The Bertz CT molecular complexity index is 746. The first-order valence-corrected chi connectivity index (χ1v) is 8.95. The zero-order chi connectivity index (χ0) is 16.7. The molecule has 3 aliphatic heterocycles. The average Bonchev–Trinajstić information content (AvgIpc) is 3.05. The van der Waals surface area contributed by atoms with Gasteiger partial charge in [0.1, 0.15) is 5.76 Å². The molecule has 1 atom stereocenters. The molecule has 0 saturated carbocycles. The lowest BCUT2D eigenvalue weighted by Crippen LogP contribution is -2.57. The van der Waals surface area contributed by atoms with Crippen LogP contribution in [0.25, 0.3) is 11.3 Å². The van der Waals surface area contributed by atoms with E-state index < -0.39 is 0 Å². The van der Waals surface area contributed by atoms with Crippen LogP contribution >= 0.6 is 23.2 Å². The van der Waals surface area contributed by atoms with Crippen LogP contribution in [0, 0.1) is 5.92 Å². The smallest absolute Gasteiger partial charge is 0.287 e. The number of fused-ring (bicyclic) bond motifs is 3. The topological polar surface area (TPSA) is 45.5 Å². The SMILES string of the molecule is O=C(NC1CN2CCC1CC2)c1ccc(-c2c(Cl)cccc2Cl)o1. The number of nitrogens with zero attached hydrogens (tertiary/aromatic N) is 1. The van der Waals surface area contributed by atoms with Crippen molar-refractivity contribution < 1.29 is 9.21 Å². The maximum atomic E-state index is 12.5. The fourth-order valence-electron chi connectivity index (χ4n) is 3.70. The summed E-state index contributed by atoms with van der Waals surface area (Å²) in [5, 5.41) is 4.12. The van der Waals surface area contributed by atoms with E-state index in [4.69, 9.17) is 27.6 Å². The Hall–Kier alpha value is -1.49. The number of piperidine rings is 3. The number of hydrogen-bond acceptors (Lipinski definition) is 3. The van der Waals surface area contributed by atoms with Crippen molar-refractivity contribution >= 4 is 29.1 Å². The number of amides is 1. The van der Waals surface area contributed by atoms with Gasteiger partial charge < -0.3 is 14.6 Å². The Morgan fingerprint density at radius 1 is 1.12 bits per heavy atom. The molecule has 1 unspecified atom stereocenters. The second kappa shape index (κ2) is 6.43. The number of benzene rings is 1. The minimum absolute atomic E-state index is 0.178. The van der Waals surface area contributed by atoms with Crippen LogP contribution in [0.4, 0.5) is 0 Å². The summed E-state index contributed by atoms with van der Waals surface area (Å²) in [5.74, 6) is 1.19. The van der Waals surface area contributed by atoms with Gasteiger partial charge in [-0.1, -0.05) is 29.3 Å². The molecule has 4 heterocycles. The number of carbonyl (C=O) groups excluding carboxylic acids is 1. The van der Waals surface area contributed by atoms with E-state index in [0.717, 1.165) is 32.5 Å². The molecule has 3 aliphatic rings. The first-order chi connectivity index (χ1) is 11.6. The number of rotatable bonds is 3. The van der Waals surface area contributed by atoms with Crippen molar-refractivity contribution in [3.63, 3.8) is 0 Å². The highest BCUT2D eigenvalue weighted by molar-refractivity contribution is 6.39. The van der Waals surface area contributed by atoms with E-state index in [-0.39, 0.29) is 17.7 Å². The van der Waals surface area contributed by atoms with Gasteiger partial charge in [0.2, 0.25) is 0 Å². The predicted octanol–water partition coefficient (Wildman–Crippen LogP) is 4.08. The molecule has 1 amide bonds. The highest BCUT2D eigenvalue weighted by atomic mass is 35.5. The maximum absolute atomic E-state index is 12.5. The van der Waals surface area contributed by atoms with Crippen LogP contribution in [0.2, 0.25) is 10.0 Å². The van der Waals surface area contributed by atoms with E-state index in [1.54, 1.807) is 30.3 Å². The lowest BCUT2D eigenvalue weighted by atomic mass is 9.84. The van der Waals surface area contributed by atoms with Gasteiger partial charge in [-0.2, -0.15) is 0 Å². The molecule has 0 radical (unpaired) electrons. The van der Waals surface area contributed by atoms with Gasteiger partial charge in [-0.25, -0.2) is 0 Å². The van der Waals surface area contributed by atoms with E-state index in [2.05, 4.69) is 10.2 Å². The van der Waals surface area contributed by atoms with Gasteiger partial charge >= 0.3 is 0 Å². The van der Waals surface area contributed by atoms with Crippen LogP contribution in [-0.4, -0.2) is 36.5 Å². The van der Waals surface area contributed by atoms with Crippen molar-refractivity contribution in [3.05, 3.63) is 46.1 Å². The number of nitrogens with one attached hydrogen (secondary N) is 1. The standard InChI is InChI=1S/C18H18Cl2N2O2/c19-12-2-1-3-13(20)17(12)15-4-5-16(24-15)18(23)21-14-10-22-8-6-11(14)7-9-22/h1-5,11,14H,6-10H2,(H,21,23). The van der Waals surface area contributed by atoms with Crippen LogP contribution < -0.4 is 5.32 Å². The molecule has 24 heavy (non-hydrogen) atoms. The lowest BCUT2D eigenvalue weighted by molar-refractivity contribution is 0.0606. The molecular weight excluding hydrogens is 347 g/mol. The summed E-state index contributed by atoms with van der Waals surface area (Å²) in [6.07, 6.45) is 2.31. The van der Waals surface area contributed by atoms with E-state index in [9.17, 15) is 4.79 Å². The highest BCUT2D eigenvalue weighted by Crippen LogP contribution is 2.35. The molecule has 4 nitrogen and oxygen atoms in total. The van der Waals surface area contributed by atoms with Crippen molar-refractivity contribution in [2.75, 3.05) is 19.6 Å². The average molecular weight is 365 g/mol. The highest BCUT2D eigenvalue weighted by Gasteiger charge is 2.35. The normalized spacial score (nSPS) is 25.7. The van der Waals surface area contributed by atoms with E-state index in [1.165, 1.54) is 0 Å². The summed E-state index contributed by atoms with van der Waals surface area (Å²) < 4.78 is 5.72. The van der Waals surface area contributed by atoms with Gasteiger partial charge in [-0.3, -0.25) is 4.79 Å². The largest absolute Gasteiger partial charge is 0.451 e. The van der Waals surface area contributed by atoms with Gasteiger partial charge in [0.05, 0.1) is 15.6 Å². The third-order valence-corrected chi connectivity index (χ3v) is 5.64. The first-order valence-electron chi connectivity index (χ1n) is 8.19. The van der Waals surface area contributed by atoms with Crippen LogP contribution in [-0.2, 0) is 0 Å². The summed E-state index contributed by atoms with van der Waals surface area (Å²) >= 11 is 12.4. The fourth-order valence-corrected chi connectivity index (χ4v) is 4.28. The van der Waals surface area contributed by atoms with Crippen molar-refractivity contribution in [2.45, 2.75) is 18.9 Å². The summed E-state index contributed by atoms with van der Waals surface area (Å²) in [6, 6.07) is 8.89. The number of furan rings is 1. The van der Waals surface area contributed by atoms with Crippen LogP contribution in [0.15, 0.2) is 34.7 Å². The first kappa shape index (κ1) is 16.0. The molecule has 2 aromatic rings. The third-order valence-electron chi connectivity index (χ3n) is 5.01. The predicted molar refractivity (Wildman–Crippen MR) is 94.6 cm³/mol. The molecule has 0 aliphatic carbocycles. The summed E-state index contributed by atoms with van der Waals surface area (Å²) in [6.45, 7) is 3.22. The monoisotopic (exact) mass is 364 g/mol. The summed E-state index contributed by atoms with van der Waals surface area (Å²) in [5.41, 5.74) is 0.614. The van der Waals surface area contributed by atoms with Gasteiger partial charge in [0.15, 0.2) is 5.76 Å². The van der Waals surface area contributed by atoms with Crippen LogP contribution in [0.3, 0.4) is 0 Å². The van der Waals surface area contributed by atoms with Gasteiger partial charge in [-0.15, -0.1) is 0 Å². The minimum atomic E-state index is -0.178.